The van der Waals surface area contributed by atoms with Crippen molar-refractivity contribution in [2.45, 2.75) is 6.92 Å². The van der Waals surface area contributed by atoms with E-state index in [1.807, 2.05) is 31.2 Å². The maximum absolute atomic E-state index is 12.3. The average Bonchev–Trinajstić information content (AvgIpc) is 2.78. The van der Waals surface area contributed by atoms with Crippen LogP contribution in [0.5, 0.6) is 0 Å². The summed E-state index contributed by atoms with van der Waals surface area (Å²) in [5.74, 6) is -1.37. The molecule has 0 radical (unpaired) electrons. The third-order valence-electron chi connectivity index (χ3n) is 4.95. The molecule has 3 rings (SSSR count). The molecule has 0 aliphatic carbocycles. The SMILES string of the molecule is Cc1ccc(C(=O)OCC(=O)N(C)CC(=O)Nc2ccc(N3CCOCC3)cc2)cc1. The second kappa shape index (κ2) is 10.6. The second-order valence-corrected chi connectivity index (χ2v) is 7.39. The molecule has 0 aromatic heterocycles. The molecule has 0 spiro atoms. The Hall–Kier alpha value is -3.39. The molecular weight excluding hydrogens is 398 g/mol. The molecule has 0 atom stereocenters. The number of hydrogen-bond acceptors (Lipinski definition) is 6. The molecule has 1 saturated heterocycles. The quantitative estimate of drug-likeness (QED) is 0.684. The molecule has 31 heavy (non-hydrogen) atoms. The van der Waals surface area contributed by atoms with E-state index in [-0.39, 0.29) is 12.5 Å². The maximum atomic E-state index is 12.3. The molecule has 0 unspecified atom stereocenters. The maximum Gasteiger partial charge on any atom is 0.338 e. The van der Waals surface area contributed by atoms with Crippen LogP contribution in [0.1, 0.15) is 15.9 Å². The number of aryl methyl sites for hydroxylation is 1. The van der Waals surface area contributed by atoms with Crippen LogP contribution in [0.15, 0.2) is 48.5 Å². The lowest BCUT2D eigenvalue weighted by Gasteiger charge is -2.28. The summed E-state index contributed by atoms with van der Waals surface area (Å²) >= 11 is 0. The van der Waals surface area contributed by atoms with Crippen LogP contribution in [0.4, 0.5) is 11.4 Å². The first kappa shape index (κ1) is 22.3. The zero-order chi connectivity index (χ0) is 22.2. The third-order valence-corrected chi connectivity index (χ3v) is 4.95. The number of benzene rings is 2. The molecule has 1 aliphatic rings. The fraction of sp³-hybridized carbons (Fsp3) is 0.348. The Bertz CT molecular complexity index is 906. The number of amides is 2. The van der Waals surface area contributed by atoms with Crippen molar-refractivity contribution in [3.05, 3.63) is 59.7 Å². The summed E-state index contributed by atoms with van der Waals surface area (Å²) in [6.07, 6.45) is 0. The Morgan fingerprint density at radius 1 is 1.03 bits per heavy atom. The van der Waals surface area contributed by atoms with Crippen LogP contribution in [0.25, 0.3) is 0 Å². The van der Waals surface area contributed by atoms with Gasteiger partial charge in [0.05, 0.1) is 25.3 Å². The van der Waals surface area contributed by atoms with E-state index in [2.05, 4.69) is 10.2 Å². The molecule has 164 valence electrons. The van der Waals surface area contributed by atoms with Crippen LogP contribution in [0, 0.1) is 6.92 Å². The Kier molecular flexibility index (Phi) is 7.61. The highest BCUT2D eigenvalue weighted by atomic mass is 16.5. The molecule has 2 aromatic rings. The van der Waals surface area contributed by atoms with Crippen molar-refractivity contribution in [1.29, 1.82) is 0 Å². The van der Waals surface area contributed by atoms with Crippen LogP contribution < -0.4 is 10.2 Å². The average molecular weight is 425 g/mol. The molecule has 1 heterocycles. The van der Waals surface area contributed by atoms with Gasteiger partial charge >= 0.3 is 5.97 Å². The number of esters is 1. The summed E-state index contributed by atoms with van der Waals surface area (Å²) in [5.41, 5.74) is 3.12. The van der Waals surface area contributed by atoms with Crippen molar-refractivity contribution in [2.24, 2.45) is 0 Å². The summed E-state index contributed by atoms with van der Waals surface area (Å²) < 4.78 is 10.4. The number of ether oxygens (including phenoxy) is 2. The first-order valence-corrected chi connectivity index (χ1v) is 10.1. The highest BCUT2D eigenvalue weighted by Gasteiger charge is 2.16. The fourth-order valence-electron chi connectivity index (χ4n) is 3.09. The smallest absolute Gasteiger partial charge is 0.338 e. The van der Waals surface area contributed by atoms with Gasteiger partial charge in [-0.2, -0.15) is 0 Å². The first-order chi connectivity index (χ1) is 14.9. The van der Waals surface area contributed by atoms with Gasteiger partial charge in [0.2, 0.25) is 5.91 Å². The van der Waals surface area contributed by atoms with E-state index in [1.54, 1.807) is 24.3 Å². The summed E-state index contributed by atoms with van der Waals surface area (Å²) in [7, 11) is 1.49. The predicted molar refractivity (Wildman–Crippen MR) is 117 cm³/mol. The third kappa shape index (κ3) is 6.55. The summed E-state index contributed by atoms with van der Waals surface area (Å²) in [6.45, 7) is 4.44. The van der Waals surface area contributed by atoms with Gasteiger partial charge in [-0.15, -0.1) is 0 Å². The molecule has 2 amide bonds. The Balaban J connectivity index is 1.43. The van der Waals surface area contributed by atoms with E-state index in [0.29, 0.717) is 24.5 Å². The molecule has 0 saturated carbocycles. The van der Waals surface area contributed by atoms with Crippen molar-refractivity contribution in [1.82, 2.24) is 4.90 Å². The number of hydrogen-bond donors (Lipinski definition) is 1. The van der Waals surface area contributed by atoms with Crippen LogP contribution in [0.2, 0.25) is 0 Å². The predicted octanol–water partition coefficient (Wildman–Crippen LogP) is 2.09. The van der Waals surface area contributed by atoms with E-state index in [1.165, 1.54) is 11.9 Å². The molecule has 1 fully saturated rings. The van der Waals surface area contributed by atoms with Crippen molar-refractivity contribution in [3.8, 4) is 0 Å². The minimum absolute atomic E-state index is 0.147. The number of morpholine rings is 1. The van der Waals surface area contributed by atoms with Crippen molar-refractivity contribution >= 4 is 29.2 Å². The normalized spacial score (nSPS) is 13.4. The number of anilines is 2. The number of likely N-dealkylation sites (N-methyl/N-ethyl adjacent to an activating group) is 1. The molecule has 8 heteroatoms. The number of nitrogens with one attached hydrogen (secondary N) is 1. The molecular formula is C23H27N3O5. The topological polar surface area (TPSA) is 88.2 Å². The van der Waals surface area contributed by atoms with Gasteiger partial charge in [0.1, 0.15) is 0 Å². The van der Waals surface area contributed by atoms with Crippen molar-refractivity contribution < 1.29 is 23.9 Å². The van der Waals surface area contributed by atoms with Gasteiger partial charge < -0.3 is 24.6 Å². The number of carbonyl (C=O) groups is 3. The molecule has 2 aromatic carbocycles. The van der Waals surface area contributed by atoms with Gasteiger partial charge in [0.25, 0.3) is 5.91 Å². The largest absolute Gasteiger partial charge is 0.452 e. The Morgan fingerprint density at radius 3 is 2.32 bits per heavy atom. The van der Waals surface area contributed by atoms with Crippen LogP contribution in [0.3, 0.4) is 0 Å². The standard InChI is InChI=1S/C23H27N3O5/c1-17-3-5-18(6-4-17)23(29)31-16-22(28)25(2)15-21(27)24-19-7-9-20(10-8-19)26-11-13-30-14-12-26/h3-10H,11-16H2,1-2H3,(H,24,27). The van der Waals surface area contributed by atoms with Gasteiger partial charge in [-0.25, -0.2) is 4.79 Å². The number of rotatable bonds is 7. The first-order valence-electron chi connectivity index (χ1n) is 10.1. The Morgan fingerprint density at radius 2 is 1.68 bits per heavy atom. The molecule has 1 N–H and O–H groups in total. The molecule has 1 aliphatic heterocycles. The number of carbonyl (C=O) groups excluding carboxylic acids is 3. The monoisotopic (exact) mass is 425 g/mol. The van der Waals surface area contributed by atoms with E-state index >= 15 is 0 Å². The van der Waals surface area contributed by atoms with Crippen molar-refractivity contribution in [2.75, 3.05) is 56.7 Å². The van der Waals surface area contributed by atoms with Crippen LogP contribution in [-0.4, -0.2) is 69.2 Å². The zero-order valence-corrected chi connectivity index (χ0v) is 17.8. The van der Waals surface area contributed by atoms with Gasteiger partial charge in [-0.3, -0.25) is 9.59 Å². The van der Waals surface area contributed by atoms with E-state index in [4.69, 9.17) is 9.47 Å². The minimum atomic E-state index is -0.577. The second-order valence-electron chi connectivity index (χ2n) is 7.39. The zero-order valence-electron chi connectivity index (χ0n) is 17.8. The Labute approximate surface area is 181 Å². The highest BCUT2D eigenvalue weighted by Crippen LogP contribution is 2.19. The van der Waals surface area contributed by atoms with Gasteiger partial charge in [-0.1, -0.05) is 17.7 Å². The lowest BCUT2D eigenvalue weighted by atomic mass is 10.1. The number of nitrogens with zero attached hydrogens (tertiary/aromatic N) is 2. The van der Waals surface area contributed by atoms with Gasteiger partial charge in [0, 0.05) is 31.5 Å². The fourth-order valence-corrected chi connectivity index (χ4v) is 3.09. The molecule has 0 bridgehead atoms. The van der Waals surface area contributed by atoms with Crippen molar-refractivity contribution in [3.63, 3.8) is 0 Å². The summed E-state index contributed by atoms with van der Waals surface area (Å²) in [6, 6.07) is 14.4. The lowest BCUT2D eigenvalue weighted by molar-refractivity contribution is -0.136. The lowest BCUT2D eigenvalue weighted by Crippen LogP contribution is -2.37. The summed E-state index contributed by atoms with van der Waals surface area (Å²) in [4.78, 5) is 39.9. The van der Waals surface area contributed by atoms with Gasteiger partial charge in [-0.05, 0) is 43.3 Å². The molecule has 8 nitrogen and oxygen atoms in total. The minimum Gasteiger partial charge on any atom is -0.452 e. The van der Waals surface area contributed by atoms with Crippen LogP contribution in [-0.2, 0) is 19.1 Å². The summed E-state index contributed by atoms with van der Waals surface area (Å²) in [5, 5.41) is 2.77. The van der Waals surface area contributed by atoms with E-state index in [0.717, 1.165) is 24.3 Å². The van der Waals surface area contributed by atoms with E-state index < -0.39 is 18.5 Å². The van der Waals surface area contributed by atoms with E-state index in [9.17, 15) is 14.4 Å². The highest BCUT2D eigenvalue weighted by molar-refractivity contribution is 5.95. The van der Waals surface area contributed by atoms with Crippen LogP contribution >= 0.6 is 0 Å². The van der Waals surface area contributed by atoms with Gasteiger partial charge in [0.15, 0.2) is 6.61 Å².